The fraction of sp³-hybridized carbons (Fsp3) is 0. The topological polar surface area (TPSA) is 76.2 Å². The van der Waals surface area contributed by atoms with Crippen LogP contribution in [-0.2, 0) is 0 Å². The van der Waals surface area contributed by atoms with Crippen molar-refractivity contribution >= 4 is 17.1 Å². The third-order valence-corrected chi connectivity index (χ3v) is 2.59. The normalized spacial score (nSPS) is 10.7. The minimum Gasteiger partial charge on any atom is -0.475 e. The van der Waals surface area contributed by atoms with Gasteiger partial charge < -0.3 is 9.52 Å². The zero-order valence-corrected chi connectivity index (χ0v) is 9.20. The minimum atomic E-state index is -1.11. The molecule has 0 bridgehead atoms. The molecule has 3 aromatic heterocycles. The number of carbonyl (C=O) groups is 1. The lowest BCUT2D eigenvalue weighted by Gasteiger charge is -2.00. The van der Waals surface area contributed by atoms with E-state index in [1.54, 1.807) is 18.5 Å². The second-order valence-electron chi connectivity index (χ2n) is 3.71. The zero-order valence-electron chi connectivity index (χ0n) is 9.20. The number of pyridine rings is 2. The molecule has 0 aromatic carbocycles. The van der Waals surface area contributed by atoms with Crippen molar-refractivity contribution < 1.29 is 14.3 Å². The lowest BCUT2D eigenvalue weighted by molar-refractivity contribution is 0.0664. The van der Waals surface area contributed by atoms with Crippen LogP contribution in [0.1, 0.15) is 10.6 Å². The Morgan fingerprint density at radius 1 is 1.17 bits per heavy atom. The maximum atomic E-state index is 10.9. The molecule has 1 N–H and O–H groups in total. The third kappa shape index (κ3) is 1.62. The standard InChI is InChI=1S/C13H8N2O3/c16-13(17)11-7-9-8(4-6-15-12(9)18-11)10-3-1-2-5-14-10/h1-7H,(H,16,17). The largest absolute Gasteiger partial charge is 0.475 e. The lowest BCUT2D eigenvalue weighted by atomic mass is 10.1. The number of rotatable bonds is 2. The Bertz CT molecular complexity index is 719. The molecule has 88 valence electrons. The Kier molecular flexibility index (Phi) is 2.30. The van der Waals surface area contributed by atoms with Crippen molar-refractivity contribution in [2.45, 2.75) is 0 Å². The summed E-state index contributed by atoms with van der Waals surface area (Å²) < 4.78 is 5.15. The maximum Gasteiger partial charge on any atom is 0.371 e. The van der Waals surface area contributed by atoms with Gasteiger partial charge in [-0.2, -0.15) is 0 Å². The quantitative estimate of drug-likeness (QED) is 0.745. The Balaban J connectivity index is 2.27. The molecule has 5 nitrogen and oxygen atoms in total. The van der Waals surface area contributed by atoms with E-state index in [4.69, 9.17) is 9.52 Å². The first kappa shape index (κ1) is 10.5. The van der Waals surface area contributed by atoms with Crippen LogP contribution < -0.4 is 0 Å². The summed E-state index contributed by atoms with van der Waals surface area (Å²) in [4.78, 5) is 19.1. The van der Waals surface area contributed by atoms with Crippen molar-refractivity contribution in [2.75, 3.05) is 0 Å². The fourth-order valence-corrected chi connectivity index (χ4v) is 1.79. The van der Waals surface area contributed by atoms with Gasteiger partial charge >= 0.3 is 5.97 Å². The van der Waals surface area contributed by atoms with Crippen molar-refractivity contribution in [1.29, 1.82) is 0 Å². The molecule has 0 saturated heterocycles. The van der Waals surface area contributed by atoms with Crippen LogP contribution in [0.3, 0.4) is 0 Å². The van der Waals surface area contributed by atoms with Crippen LogP contribution in [0.5, 0.6) is 0 Å². The van der Waals surface area contributed by atoms with Gasteiger partial charge in [-0.05, 0) is 18.2 Å². The molecule has 3 heterocycles. The predicted octanol–water partition coefficient (Wildman–Crippen LogP) is 2.59. The van der Waals surface area contributed by atoms with E-state index in [1.165, 1.54) is 6.07 Å². The number of carboxylic acid groups (broad SMARTS) is 1. The molecule has 0 fully saturated rings. The molecular formula is C13H8N2O3. The monoisotopic (exact) mass is 240 g/mol. The molecular weight excluding hydrogens is 232 g/mol. The van der Waals surface area contributed by atoms with Gasteiger partial charge in [0.15, 0.2) is 0 Å². The second kappa shape index (κ2) is 3.96. The maximum absolute atomic E-state index is 10.9. The number of aromatic carboxylic acids is 1. The van der Waals surface area contributed by atoms with Crippen molar-refractivity contribution in [3.8, 4) is 11.3 Å². The number of fused-ring (bicyclic) bond motifs is 1. The van der Waals surface area contributed by atoms with E-state index in [0.29, 0.717) is 11.1 Å². The number of carboxylic acids is 1. The summed E-state index contributed by atoms with van der Waals surface area (Å²) in [7, 11) is 0. The van der Waals surface area contributed by atoms with Crippen LogP contribution in [0, 0.1) is 0 Å². The smallest absolute Gasteiger partial charge is 0.371 e. The highest BCUT2D eigenvalue weighted by Gasteiger charge is 2.14. The molecule has 3 rings (SSSR count). The Morgan fingerprint density at radius 2 is 2.06 bits per heavy atom. The van der Waals surface area contributed by atoms with Crippen molar-refractivity contribution in [1.82, 2.24) is 9.97 Å². The highest BCUT2D eigenvalue weighted by Crippen LogP contribution is 2.28. The molecule has 0 spiro atoms. The van der Waals surface area contributed by atoms with E-state index in [-0.39, 0.29) is 5.76 Å². The molecule has 0 atom stereocenters. The van der Waals surface area contributed by atoms with Crippen LogP contribution in [-0.4, -0.2) is 21.0 Å². The van der Waals surface area contributed by atoms with Gasteiger partial charge in [-0.25, -0.2) is 9.78 Å². The van der Waals surface area contributed by atoms with E-state index in [9.17, 15) is 4.79 Å². The zero-order chi connectivity index (χ0) is 12.5. The van der Waals surface area contributed by atoms with Crippen LogP contribution in [0.25, 0.3) is 22.4 Å². The van der Waals surface area contributed by atoms with Crippen molar-refractivity contribution in [3.63, 3.8) is 0 Å². The first-order chi connectivity index (χ1) is 8.75. The second-order valence-corrected chi connectivity index (χ2v) is 3.71. The summed E-state index contributed by atoms with van der Waals surface area (Å²) in [5.74, 6) is -1.24. The highest BCUT2D eigenvalue weighted by molar-refractivity contribution is 5.96. The third-order valence-electron chi connectivity index (χ3n) is 2.59. The molecule has 18 heavy (non-hydrogen) atoms. The van der Waals surface area contributed by atoms with Gasteiger partial charge in [0.1, 0.15) is 0 Å². The summed E-state index contributed by atoms with van der Waals surface area (Å²) in [6, 6.07) is 8.79. The molecule has 0 aliphatic rings. The Hall–Kier alpha value is -2.69. The van der Waals surface area contributed by atoms with Gasteiger partial charge in [0.05, 0.1) is 11.1 Å². The number of nitrogens with zero attached hydrogens (tertiary/aromatic N) is 2. The number of furan rings is 1. The summed E-state index contributed by atoms with van der Waals surface area (Å²) in [5, 5.41) is 9.56. The molecule has 0 amide bonds. The van der Waals surface area contributed by atoms with E-state index in [1.807, 2.05) is 18.2 Å². The van der Waals surface area contributed by atoms with Gasteiger partial charge in [0.25, 0.3) is 0 Å². The molecule has 5 heteroatoms. The first-order valence-corrected chi connectivity index (χ1v) is 5.29. The number of hydrogen-bond donors (Lipinski definition) is 1. The van der Waals surface area contributed by atoms with Gasteiger partial charge in [0, 0.05) is 24.0 Å². The molecule has 0 saturated carbocycles. The van der Waals surface area contributed by atoms with Crippen LogP contribution in [0.4, 0.5) is 0 Å². The van der Waals surface area contributed by atoms with E-state index >= 15 is 0 Å². The van der Waals surface area contributed by atoms with Crippen molar-refractivity contribution in [3.05, 3.63) is 48.5 Å². The van der Waals surface area contributed by atoms with E-state index in [0.717, 1.165) is 11.3 Å². The van der Waals surface area contributed by atoms with Gasteiger partial charge in [0.2, 0.25) is 11.5 Å². The van der Waals surface area contributed by atoms with Gasteiger partial charge in [-0.1, -0.05) is 6.07 Å². The number of hydrogen-bond acceptors (Lipinski definition) is 4. The first-order valence-electron chi connectivity index (χ1n) is 5.29. The summed E-state index contributed by atoms with van der Waals surface area (Å²) in [6.07, 6.45) is 3.25. The Morgan fingerprint density at radius 3 is 2.78 bits per heavy atom. The predicted molar refractivity (Wildman–Crippen MR) is 64.2 cm³/mol. The van der Waals surface area contributed by atoms with Gasteiger partial charge in [-0.15, -0.1) is 0 Å². The summed E-state index contributed by atoms with van der Waals surface area (Å²) >= 11 is 0. The Labute approximate surface area is 102 Å². The van der Waals surface area contributed by atoms with Crippen LogP contribution >= 0.6 is 0 Å². The minimum absolute atomic E-state index is 0.124. The van der Waals surface area contributed by atoms with Crippen LogP contribution in [0.2, 0.25) is 0 Å². The summed E-state index contributed by atoms with van der Waals surface area (Å²) in [6.45, 7) is 0. The van der Waals surface area contributed by atoms with E-state index < -0.39 is 5.97 Å². The SMILES string of the molecule is O=C(O)c1cc2c(-c3ccccn3)ccnc2o1. The molecule has 3 aromatic rings. The summed E-state index contributed by atoms with van der Waals surface area (Å²) in [5.41, 5.74) is 1.86. The highest BCUT2D eigenvalue weighted by atomic mass is 16.4. The average molecular weight is 240 g/mol. The van der Waals surface area contributed by atoms with Crippen molar-refractivity contribution in [2.24, 2.45) is 0 Å². The number of aromatic nitrogens is 2. The molecule has 0 unspecified atom stereocenters. The molecule has 0 aliphatic heterocycles. The fourth-order valence-electron chi connectivity index (χ4n) is 1.79. The molecule has 0 radical (unpaired) electrons. The average Bonchev–Trinajstić information content (AvgIpc) is 2.83. The van der Waals surface area contributed by atoms with Crippen LogP contribution in [0.15, 0.2) is 47.1 Å². The molecule has 0 aliphatic carbocycles. The lowest BCUT2D eigenvalue weighted by Crippen LogP contribution is -1.91. The van der Waals surface area contributed by atoms with E-state index in [2.05, 4.69) is 9.97 Å². The van der Waals surface area contributed by atoms with Gasteiger partial charge in [-0.3, -0.25) is 4.98 Å².